The van der Waals surface area contributed by atoms with Gasteiger partial charge in [0, 0.05) is 17.6 Å². The summed E-state index contributed by atoms with van der Waals surface area (Å²) in [4.78, 5) is 17.4. The van der Waals surface area contributed by atoms with E-state index in [-0.39, 0.29) is 0 Å². The van der Waals surface area contributed by atoms with Crippen molar-refractivity contribution in [3.8, 4) is 0 Å². The molecule has 0 aliphatic heterocycles. The van der Waals surface area contributed by atoms with Gasteiger partial charge in [0.25, 0.3) is 0 Å². The molecule has 0 saturated carbocycles. The van der Waals surface area contributed by atoms with E-state index in [9.17, 15) is 4.79 Å². The Labute approximate surface area is 122 Å². The number of aliphatic carboxylic acids is 1. The van der Waals surface area contributed by atoms with Crippen LogP contribution < -0.4 is 4.80 Å². The molecule has 0 bridgehead atoms. The monoisotopic (exact) mass is 290 g/mol. The Morgan fingerprint density at radius 3 is 2.70 bits per heavy atom. The third kappa shape index (κ3) is 3.36. The summed E-state index contributed by atoms with van der Waals surface area (Å²) in [5, 5.41) is 9.12. The highest BCUT2D eigenvalue weighted by Gasteiger charge is 2.17. The van der Waals surface area contributed by atoms with E-state index < -0.39 is 11.9 Å². The zero-order chi connectivity index (χ0) is 14.5. The molecule has 5 heteroatoms. The largest absolute Gasteiger partial charge is 0.481 e. The number of hydrogen-bond donors (Lipinski definition) is 1. The molecule has 0 saturated heterocycles. The number of thiazole rings is 1. The minimum Gasteiger partial charge on any atom is -0.481 e. The molecular weight excluding hydrogens is 272 g/mol. The average molecular weight is 290 g/mol. The predicted octanol–water partition coefficient (Wildman–Crippen LogP) is 3.38. The van der Waals surface area contributed by atoms with Crippen LogP contribution in [-0.4, -0.2) is 15.6 Å². The number of para-hydroxylation sites is 1. The van der Waals surface area contributed by atoms with E-state index in [2.05, 4.69) is 11.9 Å². The zero-order valence-electron chi connectivity index (χ0n) is 11.6. The smallest absolute Gasteiger partial charge is 0.311 e. The lowest BCUT2D eigenvalue weighted by molar-refractivity contribution is -0.138. The van der Waals surface area contributed by atoms with Gasteiger partial charge in [-0.1, -0.05) is 25.1 Å². The van der Waals surface area contributed by atoms with Crippen LogP contribution in [0.2, 0.25) is 0 Å². The highest BCUT2D eigenvalue weighted by molar-refractivity contribution is 7.09. The van der Waals surface area contributed by atoms with Crippen LogP contribution in [0.4, 0.5) is 5.69 Å². The van der Waals surface area contributed by atoms with E-state index in [4.69, 9.17) is 5.11 Å². The highest BCUT2D eigenvalue weighted by Crippen LogP contribution is 2.19. The third-order valence-corrected chi connectivity index (χ3v) is 4.18. The SMILES string of the molecule is CCCn1cc(C(C)C(=O)O)sc1=Nc1ccccc1. The number of carboxylic acid groups (broad SMARTS) is 1. The summed E-state index contributed by atoms with van der Waals surface area (Å²) in [5.41, 5.74) is 0.883. The van der Waals surface area contributed by atoms with Crippen molar-refractivity contribution in [2.45, 2.75) is 32.7 Å². The molecule has 1 atom stereocenters. The van der Waals surface area contributed by atoms with Gasteiger partial charge in [0.2, 0.25) is 0 Å². The second-order valence-corrected chi connectivity index (χ2v) is 5.66. The number of rotatable bonds is 5. The Balaban J connectivity index is 2.46. The number of aryl methyl sites for hydroxylation is 1. The van der Waals surface area contributed by atoms with Crippen molar-refractivity contribution >= 4 is 23.0 Å². The molecule has 20 heavy (non-hydrogen) atoms. The lowest BCUT2D eigenvalue weighted by Gasteiger charge is -2.01. The van der Waals surface area contributed by atoms with E-state index in [1.54, 1.807) is 6.92 Å². The van der Waals surface area contributed by atoms with E-state index in [0.717, 1.165) is 28.3 Å². The molecule has 0 fully saturated rings. The second kappa shape index (κ2) is 6.52. The van der Waals surface area contributed by atoms with Crippen molar-refractivity contribution in [1.82, 2.24) is 4.57 Å². The van der Waals surface area contributed by atoms with E-state index in [1.807, 2.05) is 41.1 Å². The predicted molar refractivity (Wildman–Crippen MR) is 80.3 cm³/mol. The minimum absolute atomic E-state index is 0.497. The number of benzene rings is 1. The molecule has 1 heterocycles. The van der Waals surface area contributed by atoms with Gasteiger partial charge in [0.05, 0.1) is 11.6 Å². The number of nitrogens with zero attached hydrogens (tertiary/aromatic N) is 2. The van der Waals surface area contributed by atoms with Crippen molar-refractivity contribution in [3.63, 3.8) is 0 Å². The van der Waals surface area contributed by atoms with E-state index in [0.29, 0.717) is 0 Å². The van der Waals surface area contributed by atoms with E-state index in [1.165, 1.54) is 11.3 Å². The van der Waals surface area contributed by atoms with Crippen LogP contribution in [0.15, 0.2) is 41.5 Å². The normalized spacial score (nSPS) is 13.4. The van der Waals surface area contributed by atoms with Crippen molar-refractivity contribution in [3.05, 3.63) is 46.2 Å². The lowest BCUT2D eigenvalue weighted by Crippen LogP contribution is -2.12. The average Bonchev–Trinajstić information content (AvgIpc) is 2.82. The van der Waals surface area contributed by atoms with E-state index >= 15 is 0 Å². The maximum absolute atomic E-state index is 11.1. The van der Waals surface area contributed by atoms with Gasteiger partial charge in [0.15, 0.2) is 4.80 Å². The van der Waals surface area contributed by atoms with Gasteiger partial charge in [0.1, 0.15) is 0 Å². The third-order valence-electron chi connectivity index (χ3n) is 2.98. The Bertz CT molecular complexity index is 643. The molecule has 2 aromatic rings. The summed E-state index contributed by atoms with van der Waals surface area (Å²) >= 11 is 1.45. The first-order valence-electron chi connectivity index (χ1n) is 6.64. The van der Waals surface area contributed by atoms with Gasteiger partial charge in [-0.15, -0.1) is 11.3 Å². The first-order chi connectivity index (χ1) is 9.61. The fourth-order valence-corrected chi connectivity index (χ4v) is 2.90. The second-order valence-electron chi connectivity index (χ2n) is 4.62. The van der Waals surface area contributed by atoms with Crippen LogP contribution in [0, 0.1) is 0 Å². The summed E-state index contributed by atoms with van der Waals surface area (Å²) in [6, 6.07) is 9.72. The first-order valence-corrected chi connectivity index (χ1v) is 7.46. The fraction of sp³-hybridized carbons (Fsp3) is 0.333. The Morgan fingerprint density at radius 2 is 2.10 bits per heavy atom. The number of hydrogen-bond acceptors (Lipinski definition) is 3. The number of carbonyl (C=O) groups is 1. The Hall–Kier alpha value is -1.88. The maximum atomic E-state index is 11.1. The molecule has 0 aliphatic rings. The van der Waals surface area contributed by atoms with Gasteiger partial charge < -0.3 is 9.67 Å². The van der Waals surface area contributed by atoms with Crippen molar-refractivity contribution in [2.24, 2.45) is 4.99 Å². The molecule has 0 radical (unpaired) electrons. The van der Waals surface area contributed by atoms with Crippen LogP contribution in [0.3, 0.4) is 0 Å². The highest BCUT2D eigenvalue weighted by atomic mass is 32.1. The quantitative estimate of drug-likeness (QED) is 0.917. The molecule has 1 aromatic heterocycles. The maximum Gasteiger partial charge on any atom is 0.311 e. The van der Waals surface area contributed by atoms with Gasteiger partial charge in [-0.25, -0.2) is 4.99 Å². The summed E-state index contributed by atoms with van der Waals surface area (Å²) < 4.78 is 2.03. The molecule has 0 aliphatic carbocycles. The van der Waals surface area contributed by atoms with Gasteiger partial charge in [-0.2, -0.15) is 0 Å². The first kappa shape index (κ1) is 14.5. The molecule has 0 spiro atoms. The Morgan fingerprint density at radius 1 is 1.40 bits per heavy atom. The van der Waals surface area contributed by atoms with Crippen LogP contribution in [0.1, 0.15) is 31.1 Å². The summed E-state index contributed by atoms with van der Waals surface area (Å²) in [6.45, 7) is 4.64. The van der Waals surface area contributed by atoms with Crippen LogP contribution in [0.5, 0.6) is 0 Å². The molecule has 4 nitrogen and oxygen atoms in total. The zero-order valence-corrected chi connectivity index (χ0v) is 12.4. The van der Waals surface area contributed by atoms with Crippen molar-refractivity contribution < 1.29 is 9.90 Å². The molecule has 1 aromatic carbocycles. The standard InChI is InChI=1S/C15H18N2O2S/c1-3-9-17-10-13(11(2)14(18)19)20-15(17)16-12-7-5-4-6-8-12/h4-8,10-11H,3,9H2,1-2H3,(H,18,19). The van der Waals surface area contributed by atoms with Crippen LogP contribution in [0.25, 0.3) is 0 Å². The molecule has 1 N–H and O–H groups in total. The minimum atomic E-state index is -0.804. The fourth-order valence-electron chi connectivity index (χ4n) is 1.82. The lowest BCUT2D eigenvalue weighted by atomic mass is 10.1. The van der Waals surface area contributed by atoms with Gasteiger partial charge in [-0.05, 0) is 25.5 Å². The molecule has 2 rings (SSSR count). The van der Waals surface area contributed by atoms with Crippen LogP contribution in [-0.2, 0) is 11.3 Å². The van der Waals surface area contributed by atoms with Gasteiger partial charge in [-0.3, -0.25) is 4.79 Å². The molecular formula is C15H18N2O2S. The molecule has 106 valence electrons. The van der Waals surface area contributed by atoms with Crippen LogP contribution >= 0.6 is 11.3 Å². The van der Waals surface area contributed by atoms with Crippen molar-refractivity contribution in [1.29, 1.82) is 0 Å². The summed E-state index contributed by atoms with van der Waals surface area (Å²) in [6.07, 6.45) is 2.90. The van der Waals surface area contributed by atoms with Crippen molar-refractivity contribution in [2.75, 3.05) is 0 Å². The topological polar surface area (TPSA) is 54.6 Å². The molecule has 1 unspecified atom stereocenters. The number of carboxylic acids is 1. The molecule has 0 amide bonds. The Kier molecular flexibility index (Phi) is 4.74. The summed E-state index contributed by atoms with van der Waals surface area (Å²) in [5.74, 6) is -1.30. The summed E-state index contributed by atoms with van der Waals surface area (Å²) in [7, 11) is 0. The van der Waals surface area contributed by atoms with Gasteiger partial charge >= 0.3 is 5.97 Å². The number of aromatic nitrogens is 1.